The maximum absolute atomic E-state index is 13.4. The van der Waals surface area contributed by atoms with Crippen LogP contribution in [0.15, 0.2) is 42.5 Å². The molecule has 21 heavy (non-hydrogen) atoms. The minimum Gasteiger partial charge on any atom is -0.496 e. The molecule has 0 aliphatic heterocycles. The molecule has 0 aliphatic carbocycles. The van der Waals surface area contributed by atoms with Crippen LogP contribution in [0.3, 0.4) is 0 Å². The molecule has 0 bridgehead atoms. The summed E-state index contributed by atoms with van der Waals surface area (Å²) in [6.07, 6.45) is 1.36. The summed E-state index contributed by atoms with van der Waals surface area (Å²) < 4.78 is 18.7. The van der Waals surface area contributed by atoms with Crippen LogP contribution in [0.25, 0.3) is 0 Å². The summed E-state index contributed by atoms with van der Waals surface area (Å²) in [6, 6.07) is 12.6. The van der Waals surface area contributed by atoms with Crippen molar-refractivity contribution in [2.24, 2.45) is 5.92 Å². The van der Waals surface area contributed by atoms with E-state index in [2.05, 4.69) is 0 Å². The number of benzene rings is 2. The van der Waals surface area contributed by atoms with E-state index in [0.29, 0.717) is 12.8 Å². The lowest BCUT2D eigenvalue weighted by Gasteiger charge is -2.17. The molecule has 1 atom stereocenters. The molecule has 2 aromatic rings. The van der Waals surface area contributed by atoms with E-state index >= 15 is 0 Å². The smallest absolute Gasteiger partial charge is 0.123 e. The van der Waals surface area contributed by atoms with Crippen molar-refractivity contribution in [3.63, 3.8) is 0 Å². The minimum atomic E-state index is -0.232. The van der Waals surface area contributed by atoms with E-state index in [1.165, 1.54) is 6.07 Å². The lowest BCUT2D eigenvalue weighted by Crippen LogP contribution is -2.14. The first-order valence-corrected chi connectivity index (χ1v) is 7.11. The number of hydrogen-bond acceptors (Lipinski definition) is 2. The quantitative estimate of drug-likeness (QED) is 0.881. The van der Waals surface area contributed by atoms with Gasteiger partial charge in [0.05, 0.1) is 7.11 Å². The predicted octanol–water partition coefficient (Wildman–Crippen LogP) is 3.54. The van der Waals surface area contributed by atoms with Crippen molar-refractivity contribution in [3.8, 4) is 5.75 Å². The van der Waals surface area contributed by atoms with Gasteiger partial charge in [-0.3, -0.25) is 0 Å². The Balaban J connectivity index is 2.15. The second-order valence-corrected chi connectivity index (χ2v) is 5.34. The number of aliphatic hydroxyl groups excluding tert-OH is 1. The Morgan fingerprint density at radius 1 is 1.10 bits per heavy atom. The molecule has 0 fully saturated rings. The number of hydrogen-bond donors (Lipinski definition) is 1. The van der Waals surface area contributed by atoms with E-state index in [-0.39, 0.29) is 18.3 Å². The number of rotatable bonds is 6. The molecular formula is C18H21FO2. The molecule has 0 heterocycles. The van der Waals surface area contributed by atoms with Gasteiger partial charge in [-0.2, -0.15) is 0 Å². The van der Waals surface area contributed by atoms with Gasteiger partial charge in [0.15, 0.2) is 0 Å². The Kier molecular flexibility index (Phi) is 5.34. The van der Waals surface area contributed by atoms with E-state index in [9.17, 15) is 9.50 Å². The van der Waals surface area contributed by atoms with Crippen molar-refractivity contribution in [1.82, 2.24) is 0 Å². The fourth-order valence-electron chi connectivity index (χ4n) is 2.55. The zero-order chi connectivity index (χ0) is 15.2. The highest BCUT2D eigenvalue weighted by atomic mass is 19.1. The Hall–Kier alpha value is -1.87. The normalized spacial score (nSPS) is 12.2. The molecule has 1 unspecified atom stereocenters. The van der Waals surface area contributed by atoms with Crippen LogP contribution >= 0.6 is 0 Å². The maximum Gasteiger partial charge on any atom is 0.123 e. The molecule has 0 saturated heterocycles. The lowest BCUT2D eigenvalue weighted by atomic mass is 9.91. The van der Waals surface area contributed by atoms with E-state index < -0.39 is 0 Å². The first kappa shape index (κ1) is 15.5. The van der Waals surface area contributed by atoms with Crippen molar-refractivity contribution >= 4 is 0 Å². The molecule has 0 radical (unpaired) electrons. The summed E-state index contributed by atoms with van der Waals surface area (Å²) in [6.45, 7) is 2.03. The third kappa shape index (κ3) is 4.05. The van der Waals surface area contributed by atoms with Crippen LogP contribution in [0.2, 0.25) is 0 Å². The number of ether oxygens (including phenoxy) is 1. The molecule has 1 N–H and O–H groups in total. The van der Waals surface area contributed by atoms with E-state index in [4.69, 9.17) is 4.74 Å². The number of methoxy groups -OCH3 is 1. The molecule has 0 aromatic heterocycles. The molecule has 0 amide bonds. The summed E-state index contributed by atoms with van der Waals surface area (Å²) in [4.78, 5) is 0. The van der Waals surface area contributed by atoms with Crippen LogP contribution in [0.1, 0.15) is 16.7 Å². The molecule has 3 heteroatoms. The lowest BCUT2D eigenvalue weighted by molar-refractivity contribution is 0.224. The Bertz CT molecular complexity index is 596. The molecule has 2 rings (SSSR count). The second kappa shape index (κ2) is 7.23. The Morgan fingerprint density at radius 3 is 2.52 bits per heavy atom. The minimum absolute atomic E-state index is 0.0433. The van der Waals surface area contributed by atoms with Crippen molar-refractivity contribution in [2.45, 2.75) is 19.8 Å². The average molecular weight is 288 g/mol. The van der Waals surface area contributed by atoms with Gasteiger partial charge in [0.2, 0.25) is 0 Å². The highest BCUT2D eigenvalue weighted by molar-refractivity contribution is 5.34. The summed E-state index contributed by atoms with van der Waals surface area (Å²) in [5, 5.41) is 9.64. The first-order chi connectivity index (χ1) is 10.1. The number of aryl methyl sites for hydroxylation is 1. The predicted molar refractivity (Wildman–Crippen MR) is 82.1 cm³/mol. The molecule has 0 saturated carbocycles. The Morgan fingerprint density at radius 2 is 1.81 bits per heavy atom. The van der Waals surface area contributed by atoms with Gasteiger partial charge in [-0.25, -0.2) is 4.39 Å². The van der Waals surface area contributed by atoms with Gasteiger partial charge in [0.25, 0.3) is 0 Å². The molecule has 2 nitrogen and oxygen atoms in total. The largest absolute Gasteiger partial charge is 0.496 e. The molecule has 0 aliphatic rings. The topological polar surface area (TPSA) is 29.5 Å². The third-order valence-corrected chi connectivity index (χ3v) is 3.78. The highest BCUT2D eigenvalue weighted by Gasteiger charge is 2.14. The van der Waals surface area contributed by atoms with Gasteiger partial charge in [0, 0.05) is 6.61 Å². The highest BCUT2D eigenvalue weighted by Crippen LogP contribution is 2.23. The van der Waals surface area contributed by atoms with Gasteiger partial charge in [-0.05, 0) is 60.6 Å². The average Bonchev–Trinajstić information content (AvgIpc) is 2.50. The van der Waals surface area contributed by atoms with Crippen molar-refractivity contribution in [3.05, 3.63) is 65.0 Å². The third-order valence-electron chi connectivity index (χ3n) is 3.78. The fraction of sp³-hybridized carbons (Fsp3) is 0.333. The van der Waals surface area contributed by atoms with Crippen LogP contribution in [0.5, 0.6) is 5.75 Å². The summed E-state index contributed by atoms with van der Waals surface area (Å²) in [7, 11) is 1.64. The van der Waals surface area contributed by atoms with Crippen LogP contribution < -0.4 is 4.74 Å². The van der Waals surface area contributed by atoms with E-state index in [1.54, 1.807) is 19.2 Å². The van der Waals surface area contributed by atoms with E-state index in [1.807, 2.05) is 31.2 Å². The standard InChI is InChI=1S/C18H21FO2/c1-13-7-8-17(19)11-16(13)10-14(12-20)9-15-5-3-4-6-18(15)21-2/h3-8,11,14,20H,9-10,12H2,1-2H3. The van der Waals surface area contributed by atoms with Crippen molar-refractivity contribution in [1.29, 1.82) is 0 Å². The zero-order valence-corrected chi connectivity index (χ0v) is 12.5. The summed E-state index contributed by atoms with van der Waals surface area (Å²) in [5.74, 6) is 0.637. The SMILES string of the molecule is COc1ccccc1CC(CO)Cc1cc(F)ccc1C. The fourth-order valence-corrected chi connectivity index (χ4v) is 2.55. The van der Waals surface area contributed by atoms with Crippen LogP contribution in [-0.4, -0.2) is 18.8 Å². The number of para-hydroxylation sites is 1. The van der Waals surface area contributed by atoms with Crippen molar-refractivity contribution < 1.29 is 14.2 Å². The second-order valence-electron chi connectivity index (χ2n) is 5.34. The van der Waals surface area contributed by atoms with Gasteiger partial charge in [0.1, 0.15) is 11.6 Å². The van der Waals surface area contributed by atoms with Gasteiger partial charge >= 0.3 is 0 Å². The zero-order valence-electron chi connectivity index (χ0n) is 12.5. The number of halogens is 1. The first-order valence-electron chi connectivity index (χ1n) is 7.11. The molecule has 2 aromatic carbocycles. The summed E-state index contributed by atoms with van der Waals surface area (Å²) in [5.41, 5.74) is 3.06. The van der Waals surface area contributed by atoms with Gasteiger partial charge in [-0.15, -0.1) is 0 Å². The molecule has 0 spiro atoms. The van der Waals surface area contributed by atoms with E-state index in [0.717, 1.165) is 22.4 Å². The van der Waals surface area contributed by atoms with Gasteiger partial charge in [-0.1, -0.05) is 24.3 Å². The number of aliphatic hydroxyl groups is 1. The van der Waals surface area contributed by atoms with Crippen LogP contribution in [0, 0.1) is 18.7 Å². The van der Waals surface area contributed by atoms with Crippen molar-refractivity contribution in [2.75, 3.05) is 13.7 Å². The molecule has 112 valence electrons. The van der Waals surface area contributed by atoms with Crippen LogP contribution in [0.4, 0.5) is 4.39 Å². The Labute approximate surface area is 125 Å². The molecular weight excluding hydrogens is 267 g/mol. The maximum atomic E-state index is 13.4. The monoisotopic (exact) mass is 288 g/mol. The van der Waals surface area contributed by atoms with Crippen LogP contribution in [-0.2, 0) is 12.8 Å². The summed E-state index contributed by atoms with van der Waals surface area (Å²) >= 11 is 0. The van der Waals surface area contributed by atoms with Gasteiger partial charge < -0.3 is 9.84 Å².